The summed E-state index contributed by atoms with van der Waals surface area (Å²) < 4.78 is 4.98. The summed E-state index contributed by atoms with van der Waals surface area (Å²) in [5, 5.41) is 0. The lowest BCUT2D eigenvalue weighted by atomic mass is 10.1. The number of aryl methyl sites for hydroxylation is 1. The van der Waals surface area contributed by atoms with Gasteiger partial charge in [-0.1, -0.05) is 25.1 Å². The Bertz CT molecular complexity index is 901. The molecule has 152 valence electrons. The Morgan fingerprint density at radius 2 is 1.79 bits per heavy atom. The van der Waals surface area contributed by atoms with Crippen LogP contribution >= 0.6 is 0 Å². The van der Waals surface area contributed by atoms with Gasteiger partial charge in [0.15, 0.2) is 0 Å². The minimum absolute atomic E-state index is 0.00183. The van der Waals surface area contributed by atoms with Crippen molar-refractivity contribution in [2.75, 3.05) is 37.6 Å². The molecule has 1 unspecified atom stereocenters. The highest BCUT2D eigenvalue weighted by atomic mass is 16.3. The Morgan fingerprint density at radius 1 is 1.07 bits per heavy atom. The van der Waals surface area contributed by atoms with E-state index in [0.29, 0.717) is 38.3 Å². The molecule has 7 heteroatoms. The van der Waals surface area contributed by atoms with Crippen molar-refractivity contribution in [1.82, 2.24) is 9.80 Å². The summed E-state index contributed by atoms with van der Waals surface area (Å²) in [6, 6.07) is 9.51. The molecule has 1 aromatic heterocycles. The fourth-order valence-electron chi connectivity index (χ4n) is 4.14. The number of hydrogen-bond donors (Lipinski definition) is 0. The molecule has 3 amide bonds. The number of piperazine rings is 1. The minimum Gasteiger partial charge on any atom is -0.472 e. The van der Waals surface area contributed by atoms with Gasteiger partial charge in [-0.2, -0.15) is 0 Å². The highest BCUT2D eigenvalue weighted by Crippen LogP contribution is 2.29. The van der Waals surface area contributed by atoms with Crippen LogP contribution in [-0.2, 0) is 16.0 Å². The molecule has 2 fully saturated rings. The van der Waals surface area contributed by atoms with Crippen LogP contribution in [0.25, 0.3) is 0 Å². The first-order chi connectivity index (χ1) is 14.1. The van der Waals surface area contributed by atoms with Crippen molar-refractivity contribution >= 4 is 23.4 Å². The van der Waals surface area contributed by atoms with E-state index in [0.717, 1.165) is 17.7 Å². The molecule has 0 bridgehead atoms. The van der Waals surface area contributed by atoms with Gasteiger partial charge < -0.3 is 19.1 Å². The summed E-state index contributed by atoms with van der Waals surface area (Å²) in [5.41, 5.74) is 2.54. The number of carbonyl (C=O) groups is 3. The second kappa shape index (κ2) is 8.11. The van der Waals surface area contributed by atoms with Gasteiger partial charge in [0.2, 0.25) is 11.8 Å². The van der Waals surface area contributed by atoms with Crippen LogP contribution in [0.3, 0.4) is 0 Å². The average Bonchev–Trinajstić information content (AvgIpc) is 3.43. The summed E-state index contributed by atoms with van der Waals surface area (Å²) in [4.78, 5) is 43.3. The number of nitrogens with zero attached hydrogens (tertiary/aromatic N) is 3. The molecule has 0 aliphatic carbocycles. The summed E-state index contributed by atoms with van der Waals surface area (Å²) in [5.74, 6) is -0.406. The maximum Gasteiger partial charge on any atom is 0.257 e. The van der Waals surface area contributed by atoms with E-state index in [9.17, 15) is 14.4 Å². The van der Waals surface area contributed by atoms with Crippen LogP contribution < -0.4 is 4.90 Å². The highest BCUT2D eigenvalue weighted by Gasteiger charge is 2.38. The van der Waals surface area contributed by atoms with Gasteiger partial charge in [0.25, 0.3) is 5.91 Å². The van der Waals surface area contributed by atoms with Crippen LogP contribution in [0.4, 0.5) is 5.69 Å². The van der Waals surface area contributed by atoms with Gasteiger partial charge in [-0.25, -0.2) is 0 Å². The Morgan fingerprint density at radius 3 is 2.48 bits per heavy atom. The Kier molecular flexibility index (Phi) is 5.38. The fourth-order valence-corrected chi connectivity index (χ4v) is 4.14. The van der Waals surface area contributed by atoms with E-state index >= 15 is 0 Å². The van der Waals surface area contributed by atoms with Crippen LogP contribution in [-0.4, -0.2) is 60.2 Å². The number of carbonyl (C=O) groups excluding carboxylic acids is 3. The van der Waals surface area contributed by atoms with Gasteiger partial charge in [0, 0.05) is 44.8 Å². The number of furan rings is 1. The average molecular weight is 395 g/mol. The molecule has 7 nitrogen and oxygen atoms in total. The lowest BCUT2D eigenvalue weighted by Crippen LogP contribution is -2.52. The smallest absolute Gasteiger partial charge is 0.257 e. The van der Waals surface area contributed by atoms with Gasteiger partial charge >= 0.3 is 0 Å². The van der Waals surface area contributed by atoms with Gasteiger partial charge in [0.05, 0.1) is 17.7 Å². The van der Waals surface area contributed by atoms with Crippen LogP contribution in [0.5, 0.6) is 0 Å². The molecule has 2 aliphatic rings. The molecule has 2 saturated heterocycles. The second-order valence-electron chi connectivity index (χ2n) is 7.52. The first-order valence-corrected chi connectivity index (χ1v) is 10.1. The molecule has 29 heavy (non-hydrogen) atoms. The first kappa shape index (κ1) is 19.2. The van der Waals surface area contributed by atoms with Crippen molar-refractivity contribution in [2.24, 2.45) is 5.92 Å². The molecule has 0 saturated carbocycles. The van der Waals surface area contributed by atoms with E-state index in [4.69, 9.17) is 4.42 Å². The molecular formula is C22H25N3O4. The van der Waals surface area contributed by atoms with Crippen molar-refractivity contribution in [2.45, 2.75) is 19.8 Å². The van der Waals surface area contributed by atoms with E-state index in [1.807, 2.05) is 24.3 Å². The Balaban J connectivity index is 1.37. The van der Waals surface area contributed by atoms with E-state index in [1.165, 1.54) is 12.5 Å². The standard InChI is InChI=1S/C22H25N3O4/c1-2-16-5-3-4-6-19(16)25-14-18(13-20(25)26)22(28)24-10-8-23(9-11-24)21(27)17-7-12-29-15-17/h3-7,12,15,18H,2,8-11,13-14H2,1H3. The summed E-state index contributed by atoms with van der Waals surface area (Å²) in [6.07, 6.45) is 4.00. The number of benzene rings is 1. The Labute approximate surface area is 169 Å². The molecule has 1 aromatic carbocycles. The maximum absolute atomic E-state index is 13.0. The number of rotatable bonds is 4. The summed E-state index contributed by atoms with van der Waals surface area (Å²) in [7, 11) is 0. The molecule has 3 heterocycles. The van der Waals surface area contributed by atoms with Crippen LogP contribution in [0.1, 0.15) is 29.3 Å². The monoisotopic (exact) mass is 395 g/mol. The predicted octanol–water partition coefficient (Wildman–Crippen LogP) is 2.18. The first-order valence-electron chi connectivity index (χ1n) is 10.1. The third kappa shape index (κ3) is 3.77. The molecule has 0 radical (unpaired) electrons. The molecule has 0 spiro atoms. The van der Waals surface area contributed by atoms with Crippen molar-refractivity contribution in [1.29, 1.82) is 0 Å². The van der Waals surface area contributed by atoms with Crippen molar-refractivity contribution in [3.8, 4) is 0 Å². The lowest BCUT2D eigenvalue weighted by molar-refractivity contribution is -0.137. The van der Waals surface area contributed by atoms with E-state index in [2.05, 4.69) is 6.92 Å². The zero-order chi connectivity index (χ0) is 20.4. The Hall–Kier alpha value is -3.09. The quantitative estimate of drug-likeness (QED) is 0.795. The molecule has 4 rings (SSSR count). The van der Waals surface area contributed by atoms with Gasteiger partial charge in [0.1, 0.15) is 6.26 Å². The van der Waals surface area contributed by atoms with Gasteiger partial charge in [-0.15, -0.1) is 0 Å². The fraction of sp³-hybridized carbons (Fsp3) is 0.409. The zero-order valence-electron chi connectivity index (χ0n) is 16.5. The van der Waals surface area contributed by atoms with Crippen LogP contribution in [0.2, 0.25) is 0 Å². The van der Waals surface area contributed by atoms with Gasteiger partial charge in [-0.05, 0) is 24.1 Å². The number of amides is 3. The largest absolute Gasteiger partial charge is 0.472 e. The maximum atomic E-state index is 13.0. The van der Waals surface area contributed by atoms with Crippen molar-refractivity contribution in [3.63, 3.8) is 0 Å². The third-order valence-corrected chi connectivity index (χ3v) is 5.78. The normalized spacial score (nSPS) is 19.7. The third-order valence-electron chi connectivity index (χ3n) is 5.78. The second-order valence-corrected chi connectivity index (χ2v) is 7.52. The predicted molar refractivity (Wildman–Crippen MR) is 107 cm³/mol. The lowest BCUT2D eigenvalue weighted by Gasteiger charge is -2.35. The summed E-state index contributed by atoms with van der Waals surface area (Å²) >= 11 is 0. The SMILES string of the molecule is CCc1ccccc1N1CC(C(=O)N2CCN(C(=O)c3ccoc3)CC2)CC1=O. The van der Waals surface area contributed by atoms with E-state index in [-0.39, 0.29) is 30.1 Å². The minimum atomic E-state index is -0.330. The van der Waals surface area contributed by atoms with E-state index in [1.54, 1.807) is 20.8 Å². The number of para-hydroxylation sites is 1. The topological polar surface area (TPSA) is 74.1 Å². The summed E-state index contributed by atoms with van der Waals surface area (Å²) in [6.45, 7) is 4.42. The van der Waals surface area contributed by atoms with Crippen LogP contribution in [0, 0.1) is 5.92 Å². The van der Waals surface area contributed by atoms with Crippen LogP contribution in [0.15, 0.2) is 47.3 Å². The molecule has 2 aromatic rings. The van der Waals surface area contributed by atoms with Gasteiger partial charge in [-0.3, -0.25) is 14.4 Å². The van der Waals surface area contributed by atoms with Crippen molar-refractivity contribution in [3.05, 3.63) is 54.0 Å². The highest BCUT2D eigenvalue weighted by molar-refractivity contribution is 6.01. The molecule has 2 aliphatic heterocycles. The van der Waals surface area contributed by atoms with Crippen molar-refractivity contribution < 1.29 is 18.8 Å². The number of anilines is 1. The number of hydrogen-bond acceptors (Lipinski definition) is 4. The molecule has 0 N–H and O–H groups in total. The molecule has 1 atom stereocenters. The zero-order valence-corrected chi connectivity index (χ0v) is 16.5. The molecular weight excluding hydrogens is 370 g/mol. The van der Waals surface area contributed by atoms with E-state index < -0.39 is 0 Å².